The Morgan fingerprint density at radius 2 is 1.81 bits per heavy atom. The summed E-state index contributed by atoms with van der Waals surface area (Å²) in [7, 11) is 0. The summed E-state index contributed by atoms with van der Waals surface area (Å²) in [6.45, 7) is 4.13. The third-order valence-electron chi connectivity index (χ3n) is 7.14. The van der Waals surface area contributed by atoms with Crippen LogP contribution in [-0.4, -0.2) is 72.0 Å². The molecule has 1 aliphatic carbocycles. The largest absolute Gasteiger partial charge is 0.489 e. The maximum atomic E-state index is 12.9. The third kappa shape index (κ3) is 4.26. The zero-order valence-electron chi connectivity index (χ0n) is 18.4. The number of hydrogen-bond donors (Lipinski definition) is 1. The number of nitrogens with one attached hydrogen (secondary N) is 1. The number of benzene rings is 1. The maximum Gasteiger partial charge on any atom is 0.255 e. The summed E-state index contributed by atoms with van der Waals surface area (Å²) in [4.78, 5) is 40.8. The highest BCUT2D eigenvalue weighted by Crippen LogP contribution is 2.33. The summed E-state index contributed by atoms with van der Waals surface area (Å²) < 4.78 is 12.1. The predicted molar refractivity (Wildman–Crippen MR) is 116 cm³/mol. The van der Waals surface area contributed by atoms with E-state index in [1.807, 2.05) is 18.2 Å². The van der Waals surface area contributed by atoms with Crippen LogP contribution in [-0.2, 0) is 20.9 Å². The Labute approximate surface area is 188 Å². The Morgan fingerprint density at radius 1 is 1.00 bits per heavy atom. The first-order valence-electron chi connectivity index (χ1n) is 11.9. The van der Waals surface area contributed by atoms with Gasteiger partial charge in [-0.05, 0) is 62.3 Å². The Morgan fingerprint density at radius 3 is 2.59 bits per heavy atom. The summed E-state index contributed by atoms with van der Waals surface area (Å²) in [5.74, 6) is -0.0207. The monoisotopic (exact) mass is 441 g/mol. The first-order valence-corrected chi connectivity index (χ1v) is 11.9. The highest BCUT2D eigenvalue weighted by Gasteiger charge is 2.39. The molecule has 3 atom stereocenters. The summed E-state index contributed by atoms with van der Waals surface area (Å²) in [6, 6.07) is 5.48. The van der Waals surface area contributed by atoms with Crippen molar-refractivity contribution in [2.24, 2.45) is 0 Å². The Balaban J connectivity index is 1.27. The molecule has 3 aliphatic heterocycles. The first kappa shape index (κ1) is 21.4. The van der Waals surface area contributed by atoms with Gasteiger partial charge in [0.25, 0.3) is 5.91 Å². The number of hydrogen-bond acceptors (Lipinski definition) is 6. The smallest absolute Gasteiger partial charge is 0.255 e. The number of carbonyl (C=O) groups excluding carboxylic acids is 3. The predicted octanol–water partition coefficient (Wildman–Crippen LogP) is 1.86. The molecule has 1 aromatic rings. The number of piperidine rings is 1. The van der Waals surface area contributed by atoms with Crippen LogP contribution in [0.4, 0.5) is 0 Å². The van der Waals surface area contributed by atoms with Crippen molar-refractivity contribution in [2.75, 3.05) is 26.3 Å². The fourth-order valence-electron chi connectivity index (χ4n) is 5.55. The van der Waals surface area contributed by atoms with Gasteiger partial charge < -0.3 is 14.4 Å². The number of nitrogens with zero attached hydrogens (tertiary/aromatic N) is 2. The van der Waals surface area contributed by atoms with Crippen molar-refractivity contribution in [2.45, 2.75) is 69.7 Å². The Kier molecular flexibility index (Phi) is 6.15. The van der Waals surface area contributed by atoms with E-state index in [-0.39, 0.29) is 30.2 Å². The van der Waals surface area contributed by atoms with Crippen LogP contribution in [0.1, 0.15) is 60.9 Å². The van der Waals surface area contributed by atoms with Gasteiger partial charge in [-0.15, -0.1) is 0 Å². The fraction of sp³-hybridized carbons (Fsp3) is 0.625. The normalized spacial score (nSPS) is 29.4. The molecule has 2 saturated heterocycles. The van der Waals surface area contributed by atoms with Crippen molar-refractivity contribution in [3.8, 4) is 5.75 Å². The minimum atomic E-state index is -0.590. The second-order valence-corrected chi connectivity index (χ2v) is 9.23. The number of ether oxygens (including phenoxy) is 2. The molecule has 3 amide bonds. The van der Waals surface area contributed by atoms with E-state index in [0.29, 0.717) is 24.6 Å². The van der Waals surface area contributed by atoms with Gasteiger partial charge in [0, 0.05) is 50.9 Å². The van der Waals surface area contributed by atoms with Crippen LogP contribution in [0, 0.1) is 0 Å². The molecule has 0 spiro atoms. The number of imide groups is 1. The maximum absolute atomic E-state index is 12.9. The van der Waals surface area contributed by atoms with E-state index in [1.165, 1.54) is 0 Å². The molecule has 8 nitrogen and oxygen atoms in total. The first-order chi connectivity index (χ1) is 15.6. The van der Waals surface area contributed by atoms with Gasteiger partial charge >= 0.3 is 0 Å². The molecule has 1 aromatic carbocycles. The highest BCUT2D eigenvalue weighted by molar-refractivity contribution is 6.05. The van der Waals surface area contributed by atoms with E-state index < -0.39 is 6.04 Å². The zero-order chi connectivity index (χ0) is 22.1. The standard InChI is InChI=1S/C24H31N3O5/c28-22-9-8-20(23(29)25-22)27-15-16-14-17(6-7-18(16)24(27)30)32-21-5-1-4-19(21)26-10-2-12-31-13-3-11-26/h6-7,14,19-21H,1-5,8-13,15H2,(H,25,28,29). The molecule has 1 N–H and O–H groups in total. The average molecular weight is 442 g/mol. The quantitative estimate of drug-likeness (QED) is 0.718. The van der Waals surface area contributed by atoms with Crippen molar-refractivity contribution in [1.29, 1.82) is 0 Å². The summed E-state index contributed by atoms with van der Waals surface area (Å²) in [6.07, 6.45) is 6.25. The van der Waals surface area contributed by atoms with Gasteiger partial charge in [-0.25, -0.2) is 0 Å². The van der Waals surface area contributed by atoms with Gasteiger partial charge in [-0.1, -0.05) is 0 Å². The van der Waals surface area contributed by atoms with Gasteiger partial charge in [0.15, 0.2) is 0 Å². The van der Waals surface area contributed by atoms with Crippen LogP contribution in [0.2, 0.25) is 0 Å². The summed E-state index contributed by atoms with van der Waals surface area (Å²) >= 11 is 0. The van der Waals surface area contributed by atoms with Crippen molar-refractivity contribution < 1.29 is 23.9 Å². The fourth-order valence-corrected chi connectivity index (χ4v) is 5.55. The second kappa shape index (κ2) is 9.19. The lowest BCUT2D eigenvalue weighted by Gasteiger charge is -2.34. The van der Waals surface area contributed by atoms with Crippen LogP contribution in [0.15, 0.2) is 18.2 Å². The molecule has 3 heterocycles. The molecule has 32 heavy (non-hydrogen) atoms. The topological polar surface area (TPSA) is 88.2 Å². The molecule has 172 valence electrons. The van der Waals surface area contributed by atoms with E-state index in [2.05, 4.69) is 10.2 Å². The van der Waals surface area contributed by atoms with Crippen LogP contribution >= 0.6 is 0 Å². The molecular weight excluding hydrogens is 410 g/mol. The number of fused-ring (bicyclic) bond motifs is 1. The van der Waals surface area contributed by atoms with Crippen molar-refractivity contribution >= 4 is 17.7 Å². The number of amides is 3. The van der Waals surface area contributed by atoms with E-state index in [1.54, 1.807) is 4.90 Å². The molecule has 0 radical (unpaired) electrons. The van der Waals surface area contributed by atoms with E-state index in [4.69, 9.17) is 9.47 Å². The van der Waals surface area contributed by atoms with Crippen LogP contribution in [0.5, 0.6) is 5.75 Å². The average Bonchev–Trinajstić information content (AvgIpc) is 3.32. The molecule has 0 bridgehead atoms. The lowest BCUT2D eigenvalue weighted by molar-refractivity contribution is -0.136. The molecule has 1 saturated carbocycles. The Bertz CT molecular complexity index is 896. The minimum Gasteiger partial charge on any atom is -0.489 e. The highest BCUT2D eigenvalue weighted by atomic mass is 16.5. The third-order valence-corrected chi connectivity index (χ3v) is 7.14. The molecule has 4 aliphatic rings. The van der Waals surface area contributed by atoms with Gasteiger partial charge in [-0.3, -0.25) is 24.6 Å². The molecular formula is C24H31N3O5. The summed E-state index contributed by atoms with van der Waals surface area (Å²) in [5.41, 5.74) is 1.50. The van der Waals surface area contributed by atoms with Crippen molar-refractivity contribution in [3.63, 3.8) is 0 Å². The van der Waals surface area contributed by atoms with Gasteiger partial charge in [0.1, 0.15) is 17.9 Å². The van der Waals surface area contributed by atoms with E-state index in [9.17, 15) is 14.4 Å². The van der Waals surface area contributed by atoms with Gasteiger partial charge in [-0.2, -0.15) is 0 Å². The Hall–Kier alpha value is -2.45. The zero-order valence-corrected chi connectivity index (χ0v) is 18.4. The van der Waals surface area contributed by atoms with Crippen molar-refractivity contribution in [1.82, 2.24) is 15.1 Å². The van der Waals surface area contributed by atoms with Crippen molar-refractivity contribution in [3.05, 3.63) is 29.3 Å². The lowest BCUT2D eigenvalue weighted by atomic mass is 10.0. The molecule has 5 rings (SSSR count). The SMILES string of the molecule is O=C1CCC(N2Cc3cc(OC4CCCC4N4CCCOCCC4)ccc3C2=O)C(=O)N1. The summed E-state index contributed by atoms with van der Waals surface area (Å²) in [5, 5.41) is 2.35. The van der Waals surface area contributed by atoms with Crippen LogP contribution in [0.25, 0.3) is 0 Å². The molecule has 3 fully saturated rings. The number of carbonyl (C=O) groups is 3. The van der Waals surface area contributed by atoms with Gasteiger partial charge in [0.2, 0.25) is 11.8 Å². The molecule has 8 heteroatoms. The molecule has 3 unspecified atom stereocenters. The lowest BCUT2D eigenvalue weighted by Crippen LogP contribution is -2.52. The van der Waals surface area contributed by atoms with E-state index >= 15 is 0 Å². The second-order valence-electron chi connectivity index (χ2n) is 9.23. The van der Waals surface area contributed by atoms with E-state index in [0.717, 1.165) is 69.7 Å². The molecule has 0 aromatic heterocycles. The van der Waals surface area contributed by atoms with Gasteiger partial charge in [0.05, 0.1) is 0 Å². The van der Waals surface area contributed by atoms with Crippen LogP contribution < -0.4 is 10.1 Å². The minimum absolute atomic E-state index is 0.150. The van der Waals surface area contributed by atoms with Crippen LogP contribution in [0.3, 0.4) is 0 Å². The number of rotatable bonds is 4.